The van der Waals surface area contributed by atoms with Crippen molar-refractivity contribution in [1.29, 1.82) is 0 Å². The molecule has 4 nitrogen and oxygen atoms in total. The standard InChI is InChI=1S/C17H16ClNO3/c18-14-10-16(12-5-2-1-3-6-12)22-17(11-14)13-7-4-8-15(9-13)19(20)21/h1-9,14,16-17H,10-11H2/t14-,16-,17+/m1/s1. The van der Waals surface area contributed by atoms with E-state index in [2.05, 4.69) is 0 Å². The Kier molecular flexibility index (Phi) is 4.41. The first kappa shape index (κ1) is 15.0. The maximum absolute atomic E-state index is 10.9. The van der Waals surface area contributed by atoms with Gasteiger partial charge in [0.05, 0.1) is 17.1 Å². The average molecular weight is 318 g/mol. The molecule has 0 aliphatic carbocycles. The van der Waals surface area contributed by atoms with E-state index in [0.717, 1.165) is 17.5 Å². The SMILES string of the molecule is O=[N+]([O-])c1cccc([C@@H]2C[C@H](Cl)C[C@H](c3ccccc3)O2)c1. The molecule has 0 radical (unpaired) electrons. The van der Waals surface area contributed by atoms with Gasteiger partial charge in [-0.25, -0.2) is 0 Å². The maximum atomic E-state index is 10.9. The molecule has 2 aromatic carbocycles. The van der Waals surface area contributed by atoms with Gasteiger partial charge in [0, 0.05) is 17.5 Å². The van der Waals surface area contributed by atoms with Gasteiger partial charge in [-0.3, -0.25) is 10.1 Å². The molecule has 0 amide bonds. The Hall–Kier alpha value is -1.91. The van der Waals surface area contributed by atoms with E-state index < -0.39 is 0 Å². The monoisotopic (exact) mass is 317 g/mol. The van der Waals surface area contributed by atoms with Crippen LogP contribution in [0.1, 0.15) is 36.2 Å². The van der Waals surface area contributed by atoms with E-state index in [9.17, 15) is 10.1 Å². The van der Waals surface area contributed by atoms with Crippen molar-refractivity contribution < 1.29 is 9.66 Å². The van der Waals surface area contributed by atoms with Crippen molar-refractivity contribution in [3.05, 3.63) is 75.8 Å². The molecule has 22 heavy (non-hydrogen) atoms. The highest BCUT2D eigenvalue weighted by atomic mass is 35.5. The summed E-state index contributed by atoms with van der Waals surface area (Å²) in [5.74, 6) is 0. The summed E-state index contributed by atoms with van der Waals surface area (Å²) in [4.78, 5) is 10.5. The van der Waals surface area contributed by atoms with Gasteiger partial charge in [0.15, 0.2) is 0 Å². The predicted molar refractivity (Wildman–Crippen MR) is 85.0 cm³/mol. The van der Waals surface area contributed by atoms with Crippen LogP contribution in [0.3, 0.4) is 0 Å². The van der Waals surface area contributed by atoms with Crippen molar-refractivity contribution in [3.8, 4) is 0 Å². The quantitative estimate of drug-likeness (QED) is 0.464. The first-order valence-electron chi connectivity index (χ1n) is 7.22. The third-order valence-electron chi connectivity index (χ3n) is 3.89. The second-order valence-electron chi connectivity index (χ2n) is 5.44. The number of nitrogens with zero attached hydrogens (tertiary/aromatic N) is 1. The summed E-state index contributed by atoms with van der Waals surface area (Å²) in [5, 5.41) is 10.9. The summed E-state index contributed by atoms with van der Waals surface area (Å²) in [6.45, 7) is 0. The van der Waals surface area contributed by atoms with Crippen molar-refractivity contribution in [2.45, 2.75) is 30.4 Å². The molecule has 2 aromatic rings. The second kappa shape index (κ2) is 6.46. The molecule has 0 bridgehead atoms. The Morgan fingerprint density at radius 2 is 1.64 bits per heavy atom. The van der Waals surface area contributed by atoms with Crippen LogP contribution >= 0.6 is 11.6 Å². The first-order valence-corrected chi connectivity index (χ1v) is 7.66. The van der Waals surface area contributed by atoms with Gasteiger partial charge in [-0.2, -0.15) is 0 Å². The first-order chi connectivity index (χ1) is 10.6. The number of nitro groups is 1. The number of non-ortho nitro benzene ring substituents is 1. The highest BCUT2D eigenvalue weighted by molar-refractivity contribution is 6.20. The lowest BCUT2D eigenvalue weighted by molar-refractivity contribution is -0.385. The number of alkyl halides is 1. The zero-order valence-electron chi connectivity index (χ0n) is 11.9. The van der Waals surface area contributed by atoms with Gasteiger partial charge in [-0.1, -0.05) is 42.5 Å². The normalized spacial score (nSPS) is 24.9. The molecule has 1 fully saturated rings. The minimum absolute atomic E-state index is 0.0109. The summed E-state index contributed by atoms with van der Waals surface area (Å²) < 4.78 is 6.16. The minimum Gasteiger partial charge on any atom is -0.365 e. The average Bonchev–Trinajstić information content (AvgIpc) is 2.55. The lowest BCUT2D eigenvalue weighted by Crippen LogP contribution is -2.23. The highest BCUT2D eigenvalue weighted by Gasteiger charge is 2.30. The third-order valence-corrected chi connectivity index (χ3v) is 4.25. The summed E-state index contributed by atoms with van der Waals surface area (Å²) in [6.07, 6.45) is 1.10. The van der Waals surface area contributed by atoms with Crippen molar-refractivity contribution in [2.75, 3.05) is 0 Å². The third kappa shape index (κ3) is 3.29. The van der Waals surface area contributed by atoms with E-state index in [-0.39, 0.29) is 28.2 Å². The molecule has 1 aliphatic heterocycles. The van der Waals surface area contributed by atoms with E-state index in [4.69, 9.17) is 16.3 Å². The van der Waals surface area contributed by atoms with Crippen LogP contribution in [0, 0.1) is 10.1 Å². The van der Waals surface area contributed by atoms with Crippen molar-refractivity contribution >= 4 is 17.3 Å². The summed E-state index contributed by atoms with van der Waals surface area (Å²) in [6, 6.07) is 16.5. The molecule has 114 valence electrons. The number of hydrogen-bond donors (Lipinski definition) is 0. The number of rotatable bonds is 3. The van der Waals surface area contributed by atoms with Crippen LogP contribution in [0.4, 0.5) is 5.69 Å². The fourth-order valence-electron chi connectivity index (χ4n) is 2.81. The van der Waals surface area contributed by atoms with Gasteiger partial charge in [0.2, 0.25) is 0 Å². The molecule has 5 heteroatoms. The van der Waals surface area contributed by atoms with Crippen LogP contribution in [-0.4, -0.2) is 10.3 Å². The number of benzene rings is 2. The predicted octanol–water partition coefficient (Wildman–Crippen LogP) is 4.80. The van der Waals surface area contributed by atoms with Crippen LogP contribution in [0.5, 0.6) is 0 Å². The molecule has 0 spiro atoms. The Bertz CT molecular complexity index is 662. The van der Waals surface area contributed by atoms with Crippen LogP contribution in [0.15, 0.2) is 54.6 Å². The fourth-order valence-corrected chi connectivity index (χ4v) is 3.13. The molecule has 0 saturated carbocycles. The fraction of sp³-hybridized carbons (Fsp3) is 0.294. The topological polar surface area (TPSA) is 52.4 Å². The summed E-state index contributed by atoms with van der Waals surface area (Å²) >= 11 is 6.39. The molecular weight excluding hydrogens is 302 g/mol. The molecule has 0 N–H and O–H groups in total. The molecule has 0 aromatic heterocycles. The molecule has 3 atom stereocenters. The molecule has 1 saturated heterocycles. The van der Waals surface area contributed by atoms with Gasteiger partial charge in [-0.15, -0.1) is 11.6 Å². The van der Waals surface area contributed by atoms with Crippen molar-refractivity contribution in [1.82, 2.24) is 0 Å². The van der Waals surface area contributed by atoms with E-state index in [0.29, 0.717) is 6.42 Å². The van der Waals surface area contributed by atoms with Crippen LogP contribution < -0.4 is 0 Å². The number of halogens is 1. The van der Waals surface area contributed by atoms with E-state index in [1.165, 1.54) is 6.07 Å². The van der Waals surface area contributed by atoms with Crippen molar-refractivity contribution in [2.24, 2.45) is 0 Å². The van der Waals surface area contributed by atoms with Crippen molar-refractivity contribution in [3.63, 3.8) is 0 Å². The van der Waals surface area contributed by atoms with E-state index in [1.54, 1.807) is 12.1 Å². The number of nitro benzene ring substituents is 1. The lowest BCUT2D eigenvalue weighted by Gasteiger charge is -2.33. The van der Waals surface area contributed by atoms with Crippen LogP contribution in [-0.2, 0) is 4.74 Å². The smallest absolute Gasteiger partial charge is 0.269 e. The lowest BCUT2D eigenvalue weighted by atomic mass is 9.94. The molecule has 3 rings (SSSR count). The van der Waals surface area contributed by atoms with Gasteiger partial charge in [0.25, 0.3) is 5.69 Å². The molecule has 0 unspecified atom stereocenters. The van der Waals surface area contributed by atoms with Gasteiger partial charge < -0.3 is 4.74 Å². The van der Waals surface area contributed by atoms with Gasteiger partial charge in [-0.05, 0) is 24.0 Å². The zero-order valence-corrected chi connectivity index (χ0v) is 12.6. The Morgan fingerprint density at radius 3 is 2.32 bits per heavy atom. The van der Waals surface area contributed by atoms with E-state index in [1.807, 2.05) is 36.4 Å². The minimum atomic E-state index is -0.390. The molecular formula is C17H16ClNO3. The largest absolute Gasteiger partial charge is 0.365 e. The van der Waals surface area contributed by atoms with Gasteiger partial charge in [0.1, 0.15) is 0 Å². The van der Waals surface area contributed by atoms with Gasteiger partial charge >= 0.3 is 0 Å². The van der Waals surface area contributed by atoms with Crippen LogP contribution in [0.25, 0.3) is 0 Å². The van der Waals surface area contributed by atoms with Crippen LogP contribution in [0.2, 0.25) is 0 Å². The summed E-state index contributed by atoms with van der Waals surface area (Å²) in [5.41, 5.74) is 1.97. The second-order valence-corrected chi connectivity index (χ2v) is 6.06. The maximum Gasteiger partial charge on any atom is 0.269 e. The molecule has 1 aliphatic rings. The number of ether oxygens (including phenoxy) is 1. The Morgan fingerprint density at radius 1 is 1.00 bits per heavy atom. The zero-order chi connectivity index (χ0) is 15.5. The summed E-state index contributed by atoms with van der Waals surface area (Å²) in [7, 11) is 0. The highest BCUT2D eigenvalue weighted by Crippen LogP contribution is 2.41. The molecule has 1 heterocycles. The Balaban J connectivity index is 1.85. The Labute approximate surface area is 133 Å². The number of hydrogen-bond acceptors (Lipinski definition) is 3. The van der Waals surface area contributed by atoms with E-state index >= 15 is 0 Å².